The van der Waals surface area contributed by atoms with E-state index >= 15 is 0 Å². The standard InChI is InChI=1S/C19H22N4O2/c1-3-23-17-6-5-16(12-15(17)4-7-18(23)24)22-19(25)21-13(2)14-8-10-20-11-9-14/h5-6,8-13H,3-4,7H2,1-2H3,(H2,21,22,25)/t13-/m0/s1. The fraction of sp³-hybridized carbons (Fsp3) is 0.316. The number of carbonyl (C=O) groups excluding carboxylic acids is 2. The third kappa shape index (κ3) is 3.79. The van der Waals surface area contributed by atoms with Crippen LogP contribution >= 0.6 is 0 Å². The van der Waals surface area contributed by atoms with Crippen LogP contribution in [-0.2, 0) is 11.2 Å². The zero-order chi connectivity index (χ0) is 17.8. The van der Waals surface area contributed by atoms with E-state index in [0.717, 1.165) is 22.5 Å². The summed E-state index contributed by atoms with van der Waals surface area (Å²) in [4.78, 5) is 29.9. The molecule has 25 heavy (non-hydrogen) atoms. The van der Waals surface area contributed by atoms with E-state index in [0.29, 0.717) is 19.4 Å². The maximum atomic E-state index is 12.2. The van der Waals surface area contributed by atoms with Crippen LogP contribution < -0.4 is 15.5 Å². The number of nitrogens with one attached hydrogen (secondary N) is 2. The van der Waals surface area contributed by atoms with E-state index in [1.807, 2.05) is 44.2 Å². The Kier molecular flexibility index (Phi) is 4.97. The van der Waals surface area contributed by atoms with Crippen LogP contribution in [0.25, 0.3) is 0 Å². The predicted octanol–water partition coefficient (Wildman–Crippen LogP) is 3.26. The highest BCUT2D eigenvalue weighted by atomic mass is 16.2. The van der Waals surface area contributed by atoms with E-state index in [4.69, 9.17) is 0 Å². The van der Waals surface area contributed by atoms with E-state index in [1.54, 1.807) is 17.3 Å². The summed E-state index contributed by atoms with van der Waals surface area (Å²) in [5.41, 5.74) is 3.74. The zero-order valence-corrected chi connectivity index (χ0v) is 14.5. The van der Waals surface area contributed by atoms with Gasteiger partial charge in [-0.25, -0.2) is 4.79 Å². The number of benzene rings is 1. The second kappa shape index (κ2) is 7.34. The molecule has 1 aliphatic rings. The molecule has 130 valence electrons. The fourth-order valence-corrected chi connectivity index (χ4v) is 3.08. The van der Waals surface area contributed by atoms with Crippen LogP contribution in [0.2, 0.25) is 0 Å². The Labute approximate surface area is 147 Å². The summed E-state index contributed by atoms with van der Waals surface area (Å²) < 4.78 is 0. The summed E-state index contributed by atoms with van der Waals surface area (Å²) in [5.74, 6) is 0.152. The normalized spacial score (nSPS) is 14.6. The highest BCUT2D eigenvalue weighted by molar-refractivity contribution is 5.97. The van der Waals surface area contributed by atoms with Crippen LogP contribution in [0.3, 0.4) is 0 Å². The van der Waals surface area contributed by atoms with E-state index in [-0.39, 0.29) is 18.0 Å². The maximum Gasteiger partial charge on any atom is 0.319 e. The number of urea groups is 1. The minimum absolute atomic E-state index is 0.117. The lowest BCUT2D eigenvalue weighted by Gasteiger charge is -2.28. The van der Waals surface area contributed by atoms with Crippen molar-refractivity contribution in [3.8, 4) is 0 Å². The molecular weight excluding hydrogens is 316 g/mol. The smallest absolute Gasteiger partial charge is 0.319 e. The van der Waals surface area contributed by atoms with Crippen LogP contribution in [0.4, 0.5) is 16.2 Å². The second-order valence-electron chi connectivity index (χ2n) is 6.08. The first-order valence-corrected chi connectivity index (χ1v) is 8.49. The van der Waals surface area contributed by atoms with Gasteiger partial charge in [0.05, 0.1) is 6.04 Å². The molecule has 6 nitrogen and oxygen atoms in total. The highest BCUT2D eigenvalue weighted by Gasteiger charge is 2.23. The van der Waals surface area contributed by atoms with Crippen LogP contribution in [-0.4, -0.2) is 23.5 Å². The third-order valence-corrected chi connectivity index (χ3v) is 4.41. The molecule has 0 aliphatic carbocycles. The van der Waals surface area contributed by atoms with Crippen molar-refractivity contribution in [2.75, 3.05) is 16.8 Å². The third-order valence-electron chi connectivity index (χ3n) is 4.41. The molecule has 0 fully saturated rings. The number of hydrogen-bond acceptors (Lipinski definition) is 3. The van der Waals surface area contributed by atoms with Crippen molar-refractivity contribution in [2.45, 2.75) is 32.7 Å². The van der Waals surface area contributed by atoms with Crippen molar-refractivity contribution in [3.63, 3.8) is 0 Å². The molecule has 0 bridgehead atoms. The minimum Gasteiger partial charge on any atom is -0.331 e. The van der Waals surface area contributed by atoms with Gasteiger partial charge in [0.1, 0.15) is 0 Å². The van der Waals surface area contributed by atoms with Crippen LogP contribution in [0.5, 0.6) is 0 Å². The molecule has 3 rings (SSSR count). The molecule has 2 heterocycles. The Hall–Kier alpha value is -2.89. The van der Waals surface area contributed by atoms with Crippen LogP contribution in [0, 0.1) is 0 Å². The number of aryl methyl sites for hydroxylation is 1. The maximum absolute atomic E-state index is 12.2. The molecule has 0 unspecified atom stereocenters. The van der Waals surface area contributed by atoms with Gasteiger partial charge in [-0.1, -0.05) is 0 Å². The average Bonchev–Trinajstić information content (AvgIpc) is 2.62. The van der Waals surface area contributed by atoms with Gasteiger partial charge in [0.25, 0.3) is 0 Å². The molecule has 0 radical (unpaired) electrons. The van der Waals surface area contributed by atoms with Crippen molar-refractivity contribution in [1.82, 2.24) is 10.3 Å². The number of nitrogens with zero attached hydrogens (tertiary/aromatic N) is 2. The summed E-state index contributed by atoms with van der Waals surface area (Å²) in [6.45, 7) is 4.54. The number of anilines is 2. The van der Waals surface area contributed by atoms with Gasteiger partial charge in [-0.3, -0.25) is 9.78 Å². The lowest BCUT2D eigenvalue weighted by molar-refractivity contribution is -0.118. The summed E-state index contributed by atoms with van der Waals surface area (Å²) >= 11 is 0. The molecule has 2 N–H and O–H groups in total. The molecule has 6 heteroatoms. The number of carbonyl (C=O) groups is 2. The molecule has 0 spiro atoms. The lowest BCUT2D eigenvalue weighted by atomic mass is 10.0. The number of pyridine rings is 1. The Morgan fingerprint density at radius 3 is 2.72 bits per heavy atom. The van der Waals surface area contributed by atoms with E-state index in [1.165, 1.54) is 0 Å². The Morgan fingerprint density at radius 1 is 1.24 bits per heavy atom. The first kappa shape index (κ1) is 17.0. The Bertz CT molecular complexity index is 776. The fourth-order valence-electron chi connectivity index (χ4n) is 3.08. The van der Waals surface area contributed by atoms with E-state index in [9.17, 15) is 9.59 Å². The minimum atomic E-state index is -0.261. The van der Waals surface area contributed by atoms with Crippen molar-refractivity contribution in [1.29, 1.82) is 0 Å². The number of hydrogen-bond donors (Lipinski definition) is 2. The summed E-state index contributed by atoms with van der Waals surface area (Å²) in [6, 6.07) is 9.05. The topological polar surface area (TPSA) is 74.3 Å². The van der Waals surface area contributed by atoms with Crippen molar-refractivity contribution >= 4 is 23.3 Å². The molecule has 1 aliphatic heterocycles. The van der Waals surface area contributed by atoms with Crippen LogP contribution in [0.1, 0.15) is 37.4 Å². The molecule has 0 saturated heterocycles. The Morgan fingerprint density at radius 2 is 2.00 bits per heavy atom. The summed E-state index contributed by atoms with van der Waals surface area (Å²) in [7, 11) is 0. The molecule has 3 amide bonds. The van der Waals surface area contributed by atoms with Crippen molar-refractivity contribution in [3.05, 3.63) is 53.9 Å². The summed E-state index contributed by atoms with van der Waals surface area (Å²) in [5, 5.41) is 5.78. The summed E-state index contributed by atoms with van der Waals surface area (Å²) in [6.07, 6.45) is 4.62. The number of rotatable bonds is 4. The van der Waals surface area contributed by atoms with Gasteiger partial charge in [0.15, 0.2) is 0 Å². The molecule has 1 atom stereocenters. The predicted molar refractivity (Wildman–Crippen MR) is 97.6 cm³/mol. The monoisotopic (exact) mass is 338 g/mol. The first-order chi connectivity index (χ1) is 12.1. The lowest BCUT2D eigenvalue weighted by Crippen LogP contribution is -2.35. The zero-order valence-electron chi connectivity index (χ0n) is 14.5. The second-order valence-corrected chi connectivity index (χ2v) is 6.08. The molecule has 1 aromatic carbocycles. The van der Waals surface area contributed by atoms with Gasteiger partial charge < -0.3 is 15.5 Å². The molecule has 0 saturated carbocycles. The number of fused-ring (bicyclic) bond motifs is 1. The van der Waals surface area contributed by atoms with Gasteiger partial charge in [-0.15, -0.1) is 0 Å². The quantitative estimate of drug-likeness (QED) is 0.898. The van der Waals surface area contributed by atoms with Gasteiger partial charge in [-0.05, 0) is 61.7 Å². The van der Waals surface area contributed by atoms with E-state index < -0.39 is 0 Å². The highest BCUT2D eigenvalue weighted by Crippen LogP contribution is 2.30. The molecule has 2 aromatic rings. The number of aromatic nitrogens is 1. The van der Waals surface area contributed by atoms with Gasteiger partial charge in [-0.2, -0.15) is 0 Å². The first-order valence-electron chi connectivity index (χ1n) is 8.49. The largest absolute Gasteiger partial charge is 0.331 e. The Balaban J connectivity index is 1.67. The van der Waals surface area contributed by atoms with Crippen molar-refractivity contribution < 1.29 is 9.59 Å². The van der Waals surface area contributed by atoms with Gasteiger partial charge in [0.2, 0.25) is 5.91 Å². The van der Waals surface area contributed by atoms with Crippen molar-refractivity contribution in [2.24, 2.45) is 0 Å². The SMILES string of the molecule is CCN1C(=O)CCc2cc(NC(=O)N[C@@H](C)c3ccncc3)ccc21. The van der Waals surface area contributed by atoms with E-state index in [2.05, 4.69) is 15.6 Å². The average molecular weight is 338 g/mol. The van der Waals surface area contributed by atoms with Gasteiger partial charge >= 0.3 is 6.03 Å². The molecular formula is C19H22N4O2. The van der Waals surface area contributed by atoms with Crippen LogP contribution in [0.15, 0.2) is 42.7 Å². The van der Waals surface area contributed by atoms with Gasteiger partial charge in [0, 0.05) is 36.7 Å². The number of amides is 3. The molecule has 1 aromatic heterocycles.